The van der Waals surface area contributed by atoms with Gasteiger partial charge in [-0.15, -0.1) is 0 Å². The molecule has 7 heteroatoms. The largest absolute Gasteiger partial charge is 0.487 e. The average molecular weight is 331 g/mol. The van der Waals surface area contributed by atoms with Gasteiger partial charge >= 0.3 is 0 Å². The summed E-state index contributed by atoms with van der Waals surface area (Å²) < 4.78 is 25.2. The summed E-state index contributed by atoms with van der Waals surface area (Å²) in [6.07, 6.45) is 0.153. The molecular formula is C15H20ClFN2O3. The van der Waals surface area contributed by atoms with Gasteiger partial charge in [-0.3, -0.25) is 4.79 Å². The maximum atomic E-state index is 14.4. The zero-order valence-corrected chi connectivity index (χ0v) is 13.2. The molecule has 5 nitrogen and oxygen atoms in total. The highest BCUT2D eigenvalue weighted by atomic mass is 35.5. The Morgan fingerprint density at radius 3 is 3.00 bits per heavy atom. The minimum Gasteiger partial charge on any atom is -0.487 e. The molecule has 1 aromatic carbocycles. The first-order valence-electron chi connectivity index (χ1n) is 7.27. The Morgan fingerprint density at radius 1 is 1.50 bits per heavy atom. The molecule has 22 heavy (non-hydrogen) atoms. The van der Waals surface area contributed by atoms with E-state index in [4.69, 9.17) is 21.1 Å². The summed E-state index contributed by atoms with van der Waals surface area (Å²) in [4.78, 5) is 12.1. The molecule has 0 radical (unpaired) electrons. The predicted octanol–water partition coefficient (Wildman–Crippen LogP) is 2.40. The van der Waals surface area contributed by atoms with E-state index in [0.717, 1.165) is 0 Å². The summed E-state index contributed by atoms with van der Waals surface area (Å²) in [7, 11) is 0. The number of rotatable bonds is 7. The van der Waals surface area contributed by atoms with E-state index >= 15 is 0 Å². The standard InChI is InChI=1S/C15H20ClFN2O3/c1-2-21-8-9-22-13-11(16)4-3-5-12(13)19-14(20)15(17)6-7-18-10-15/h3-5,18H,2,6-10H2,1H3,(H,19,20). The molecule has 1 atom stereocenters. The molecule has 0 spiro atoms. The molecule has 0 bridgehead atoms. The fourth-order valence-corrected chi connectivity index (χ4v) is 2.42. The number of amides is 1. The Hall–Kier alpha value is -1.37. The second kappa shape index (κ2) is 7.76. The van der Waals surface area contributed by atoms with Crippen molar-refractivity contribution in [1.82, 2.24) is 5.32 Å². The van der Waals surface area contributed by atoms with Gasteiger partial charge in [-0.25, -0.2) is 4.39 Å². The molecule has 1 unspecified atom stereocenters. The number of carbonyl (C=O) groups excluding carboxylic acids is 1. The van der Waals surface area contributed by atoms with Crippen molar-refractivity contribution in [2.24, 2.45) is 0 Å². The van der Waals surface area contributed by atoms with Crippen LogP contribution in [0, 0.1) is 0 Å². The molecule has 122 valence electrons. The van der Waals surface area contributed by atoms with Gasteiger partial charge in [0.05, 0.1) is 17.3 Å². The molecule has 1 amide bonds. The fourth-order valence-electron chi connectivity index (χ4n) is 2.19. The molecule has 1 aliphatic heterocycles. The van der Waals surface area contributed by atoms with Gasteiger partial charge in [-0.05, 0) is 25.6 Å². The van der Waals surface area contributed by atoms with Crippen molar-refractivity contribution >= 4 is 23.2 Å². The molecular weight excluding hydrogens is 311 g/mol. The van der Waals surface area contributed by atoms with Crippen molar-refractivity contribution in [3.8, 4) is 5.75 Å². The Morgan fingerprint density at radius 2 is 2.32 bits per heavy atom. The molecule has 1 fully saturated rings. The van der Waals surface area contributed by atoms with Crippen LogP contribution >= 0.6 is 11.6 Å². The summed E-state index contributed by atoms with van der Waals surface area (Å²) in [6, 6.07) is 4.95. The van der Waals surface area contributed by atoms with Crippen LogP contribution in [-0.4, -0.2) is 44.5 Å². The van der Waals surface area contributed by atoms with E-state index in [1.54, 1.807) is 18.2 Å². The van der Waals surface area contributed by atoms with E-state index < -0.39 is 11.6 Å². The van der Waals surface area contributed by atoms with E-state index in [1.165, 1.54) is 0 Å². The van der Waals surface area contributed by atoms with Crippen LogP contribution in [0.3, 0.4) is 0 Å². The SMILES string of the molecule is CCOCCOc1c(Cl)cccc1NC(=O)C1(F)CCNC1. The van der Waals surface area contributed by atoms with E-state index in [9.17, 15) is 9.18 Å². The third-order valence-corrected chi connectivity index (χ3v) is 3.70. The summed E-state index contributed by atoms with van der Waals surface area (Å²) in [5.41, 5.74) is -1.54. The van der Waals surface area contributed by atoms with Crippen LogP contribution < -0.4 is 15.4 Å². The van der Waals surface area contributed by atoms with Gasteiger partial charge in [0.2, 0.25) is 5.67 Å². The molecule has 1 heterocycles. The lowest BCUT2D eigenvalue weighted by atomic mass is 10.0. The van der Waals surface area contributed by atoms with Crippen LogP contribution in [0.4, 0.5) is 10.1 Å². The molecule has 0 saturated carbocycles. The van der Waals surface area contributed by atoms with Crippen LogP contribution in [0.5, 0.6) is 5.75 Å². The molecule has 2 N–H and O–H groups in total. The van der Waals surface area contributed by atoms with Crippen LogP contribution in [0.25, 0.3) is 0 Å². The number of halogens is 2. The molecule has 1 aliphatic rings. The van der Waals surface area contributed by atoms with Crippen molar-refractivity contribution in [3.63, 3.8) is 0 Å². The lowest BCUT2D eigenvalue weighted by molar-refractivity contribution is -0.126. The molecule has 0 aliphatic carbocycles. The van der Waals surface area contributed by atoms with Crippen LogP contribution in [0.2, 0.25) is 5.02 Å². The molecule has 0 aromatic heterocycles. The summed E-state index contributed by atoms with van der Waals surface area (Å²) >= 11 is 6.10. The maximum Gasteiger partial charge on any atom is 0.263 e. The average Bonchev–Trinajstić information content (AvgIpc) is 2.94. The topological polar surface area (TPSA) is 59.6 Å². The molecule has 1 saturated heterocycles. The van der Waals surface area contributed by atoms with Gasteiger partial charge in [0.1, 0.15) is 6.61 Å². The highest BCUT2D eigenvalue weighted by molar-refractivity contribution is 6.32. The zero-order valence-electron chi connectivity index (χ0n) is 12.5. The van der Waals surface area contributed by atoms with Crippen LogP contribution in [0.15, 0.2) is 18.2 Å². The summed E-state index contributed by atoms with van der Waals surface area (Å²) in [5, 5.41) is 5.77. The van der Waals surface area contributed by atoms with Crippen molar-refractivity contribution in [1.29, 1.82) is 0 Å². The van der Waals surface area contributed by atoms with Gasteiger partial charge in [0.15, 0.2) is 5.75 Å². The van der Waals surface area contributed by atoms with E-state index in [1.807, 2.05) is 6.92 Å². The van der Waals surface area contributed by atoms with Crippen molar-refractivity contribution in [3.05, 3.63) is 23.2 Å². The summed E-state index contributed by atoms with van der Waals surface area (Å²) in [5.74, 6) is -0.360. The van der Waals surface area contributed by atoms with Crippen molar-refractivity contribution in [2.75, 3.05) is 38.2 Å². The number of benzene rings is 1. The Kier molecular flexibility index (Phi) is 5.99. The Labute approximate surface area is 134 Å². The first-order chi connectivity index (χ1) is 10.6. The number of nitrogens with one attached hydrogen (secondary N) is 2. The minimum absolute atomic E-state index is 0.0138. The number of carbonyl (C=O) groups is 1. The van der Waals surface area contributed by atoms with Gasteiger partial charge in [-0.2, -0.15) is 0 Å². The fraction of sp³-hybridized carbons (Fsp3) is 0.533. The Bertz CT molecular complexity index is 522. The van der Waals surface area contributed by atoms with E-state index in [2.05, 4.69) is 10.6 Å². The van der Waals surface area contributed by atoms with Crippen LogP contribution in [-0.2, 0) is 9.53 Å². The number of para-hydroxylation sites is 1. The van der Waals surface area contributed by atoms with Gasteiger partial charge in [0.25, 0.3) is 5.91 Å². The number of ether oxygens (including phenoxy) is 2. The quantitative estimate of drug-likeness (QED) is 0.754. The smallest absolute Gasteiger partial charge is 0.263 e. The second-order valence-corrected chi connectivity index (χ2v) is 5.42. The lowest BCUT2D eigenvalue weighted by Crippen LogP contribution is -2.40. The lowest BCUT2D eigenvalue weighted by Gasteiger charge is -2.19. The normalized spacial score (nSPS) is 20.9. The first kappa shape index (κ1) is 17.0. The highest BCUT2D eigenvalue weighted by Gasteiger charge is 2.41. The number of alkyl halides is 1. The van der Waals surface area contributed by atoms with Gasteiger partial charge in [0, 0.05) is 19.6 Å². The third-order valence-electron chi connectivity index (χ3n) is 3.40. The second-order valence-electron chi connectivity index (χ2n) is 5.01. The number of hydrogen-bond donors (Lipinski definition) is 2. The van der Waals surface area contributed by atoms with Crippen molar-refractivity contribution < 1.29 is 18.7 Å². The summed E-state index contributed by atoms with van der Waals surface area (Å²) in [6.45, 7) is 3.68. The first-order valence-corrected chi connectivity index (χ1v) is 7.65. The number of hydrogen-bond acceptors (Lipinski definition) is 4. The monoisotopic (exact) mass is 330 g/mol. The predicted molar refractivity (Wildman–Crippen MR) is 83.4 cm³/mol. The van der Waals surface area contributed by atoms with Gasteiger partial charge in [-0.1, -0.05) is 17.7 Å². The zero-order chi connectivity index (χ0) is 16.0. The van der Waals surface area contributed by atoms with Crippen molar-refractivity contribution in [2.45, 2.75) is 19.0 Å². The minimum atomic E-state index is -1.90. The van der Waals surface area contributed by atoms with E-state index in [0.29, 0.717) is 42.8 Å². The maximum absolute atomic E-state index is 14.4. The van der Waals surface area contributed by atoms with Gasteiger partial charge < -0.3 is 20.1 Å². The third kappa shape index (κ3) is 4.09. The van der Waals surface area contributed by atoms with Crippen LogP contribution in [0.1, 0.15) is 13.3 Å². The number of anilines is 1. The van der Waals surface area contributed by atoms with E-state index in [-0.39, 0.29) is 13.0 Å². The molecule has 1 aromatic rings. The highest BCUT2D eigenvalue weighted by Crippen LogP contribution is 2.34. The Balaban J connectivity index is 2.06. The molecule has 2 rings (SSSR count).